The van der Waals surface area contributed by atoms with E-state index in [9.17, 15) is 4.79 Å². The molecule has 0 aliphatic heterocycles. The van der Waals surface area contributed by atoms with Gasteiger partial charge in [-0.15, -0.1) is 11.3 Å². The molecule has 1 amide bonds. The Morgan fingerprint density at radius 1 is 1.14 bits per heavy atom. The summed E-state index contributed by atoms with van der Waals surface area (Å²) in [5, 5.41) is 5.35. The van der Waals surface area contributed by atoms with Crippen molar-refractivity contribution in [2.75, 3.05) is 5.32 Å². The molecule has 4 aromatic rings. The number of carbonyl (C=O) groups excluding carboxylic acids is 1. The fourth-order valence-corrected chi connectivity index (χ4v) is 3.53. The van der Waals surface area contributed by atoms with E-state index < -0.39 is 0 Å². The minimum absolute atomic E-state index is 0.186. The first kappa shape index (κ1) is 18.8. The number of nitrogens with zero attached hydrogens (tertiary/aromatic N) is 4. The van der Waals surface area contributed by atoms with Crippen LogP contribution >= 0.6 is 11.3 Å². The quantitative estimate of drug-likeness (QED) is 0.516. The molecule has 0 radical (unpaired) electrons. The molecule has 144 valence electrons. The number of pyridine rings is 2. The van der Waals surface area contributed by atoms with E-state index in [0.717, 1.165) is 22.5 Å². The largest absolute Gasteiger partial charge is 0.339 e. The maximum Gasteiger partial charge on any atom is 0.274 e. The summed E-state index contributed by atoms with van der Waals surface area (Å²) in [4.78, 5) is 25.6. The third-order valence-corrected chi connectivity index (χ3v) is 5.14. The molecule has 0 saturated carbocycles. The van der Waals surface area contributed by atoms with E-state index in [1.807, 2.05) is 65.6 Å². The van der Waals surface area contributed by atoms with Gasteiger partial charge in [-0.25, -0.2) is 4.98 Å². The first-order valence-electron chi connectivity index (χ1n) is 9.10. The molecule has 0 aliphatic rings. The molecule has 7 heteroatoms. The van der Waals surface area contributed by atoms with Gasteiger partial charge in [-0.2, -0.15) is 0 Å². The first-order chi connectivity index (χ1) is 14.2. The van der Waals surface area contributed by atoms with Crippen LogP contribution in [0, 0.1) is 6.92 Å². The van der Waals surface area contributed by atoms with Gasteiger partial charge in [-0.05, 0) is 60.5 Å². The van der Waals surface area contributed by atoms with Gasteiger partial charge in [0.25, 0.3) is 5.91 Å². The molecule has 0 saturated heterocycles. The Kier molecular flexibility index (Phi) is 5.58. The number of hydrogen-bond acceptors (Lipinski definition) is 5. The number of hydrogen-bond donors (Lipinski definition) is 1. The lowest BCUT2D eigenvalue weighted by molar-refractivity contribution is 0.101. The molecule has 0 unspecified atom stereocenters. The Balaban J connectivity index is 1.44. The number of thiazole rings is 1. The molecule has 0 spiro atoms. The highest BCUT2D eigenvalue weighted by Gasteiger charge is 2.13. The van der Waals surface area contributed by atoms with Gasteiger partial charge in [-0.1, -0.05) is 6.07 Å². The molecule has 6 nitrogen and oxygen atoms in total. The van der Waals surface area contributed by atoms with Crippen LogP contribution in [0.1, 0.15) is 33.0 Å². The van der Waals surface area contributed by atoms with Crippen LogP contribution in [0.25, 0.3) is 12.2 Å². The van der Waals surface area contributed by atoms with Crippen molar-refractivity contribution in [3.8, 4) is 0 Å². The lowest BCUT2D eigenvalue weighted by Gasteiger charge is -2.08. The number of aromatic nitrogens is 4. The van der Waals surface area contributed by atoms with Crippen LogP contribution < -0.4 is 5.32 Å². The standard InChI is InChI=1S/C22H19N5OS/c1-16-4-2-10-24-19(16)7-6-18-15-29-22(25-18)26-21(28)20-5-3-13-27(20)14-17-8-11-23-12-9-17/h2-13,15H,14H2,1H3,(H,25,26,28)/b7-6+. The number of aryl methyl sites for hydroxylation is 1. The van der Waals surface area contributed by atoms with Gasteiger partial charge in [0.2, 0.25) is 0 Å². The summed E-state index contributed by atoms with van der Waals surface area (Å²) < 4.78 is 1.91. The van der Waals surface area contributed by atoms with E-state index in [1.54, 1.807) is 24.7 Å². The number of carbonyl (C=O) groups is 1. The summed E-state index contributed by atoms with van der Waals surface area (Å²) in [7, 11) is 0. The van der Waals surface area contributed by atoms with Gasteiger partial charge < -0.3 is 4.57 Å². The normalized spacial score (nSPS) is 11.1. The van der Waals surface area contributed by atoms with E-state index in [-0.39, 0.29) is 5.91 Å². The maximum absolute atomic E-state index is 12.7. The van der Waals surface area contributed by atoms with Crippen molar-refractivity contribution in [3.05, 3.63) is 94.8 Å². The molecule has 4 heterocycles. The smallest absolute Gasteiger partial charge is 0.274 e. The summed E-state index contributed by atoms with van der Waals surface area (Å²) in [6, 6.07) is 11.5. The highest BCUT2D eigenvalue weighted by molar-refractivity contribution is 7.14. The maximum atomic E-state index is 12.7. The molecule has 0 atom stereocenters. The van der Waals surface area contributed by atoms with Crippen LogP contribution in [0.2, 0.25) is 0 Å². The van der Waals surface area contributed by atoms with Crippen LogP contribution in [-0.4, -0.2) is 25.4 Å². The van der Waals surface area contributed by atoms with E-state index >= 15 is 0 Å². The summed E-state index contributed by atoms with van der Waals surface area (Å²) >= 11 is 1.39. The van der Waals surface area contributed by atoms with Gasteiger partial charge in [0.1, 0.15) is 5.69 Å². The van der Waals surface area contributed by atoms with Gasteiger partial charge in [-0.3, -0.25) is 20.1 Å². The molecule has 1 N–H and O–H groups in total. The summed E-state index contributed by atoms with van der Waals surface area (Å²) in [6.07, 6.45) is 11.0. The summed E-state index contributed by atoms with van der Waals surface area (Å²) in [5.74, 6) is -0.186. The lowest BCUT2D eigenvalue weighted by atomic mass is 10.2. The summed E-state index contributed by atoms with van der Waals surface area (Å²) in [5.41, 5.74) is 4.44. The number of nitrogens with one attached hydrogen (secondary N) is 1. The zero-order valence-electron chi connectivity index (χ0n) is 15.8. The van der Waals surface area contributed by atoms with Crippen molar-refractivity contribution >= 4 is 34.5 Å². The molecular weight excluding hydrogens is 382 g/mol. The Morgan fingerprint density at radius 3 is 2.83 bits per heavy atom. The van der Waals surface area contributed by atoms with E-state index in [4.69, 9.17) is 0 Å². The second kappa shape index (κ2) is 8.62. The van der Waals surface area contributed by atoms with E-state index in [0.29, 0.717) is 17.4 Å². The average Bonchev–Trinajstić information content (AvgIpc) is 3.37. The van der Waals surface area contributed by atoms with Crippen LogP contribution in [0.3, 0.4) is 0 Å². The number of anilines is 1. The third-order valence-electron chi connectivity index (χ3n) is 4.37. The fraction of sp³-hybridized carbons (Fsp3) is 0.0909. The second-order valence-electron chi connectivity index (χ2n) is 6.45. The molecule has 0 fully saturated rings. The SMILES string of the molecule is Cc1cccnc1/C=C/c1csc(NC(=O)c2cccn2Cc2ccncc2)n1. The average molecular weight is 401 g/mol. The molecule has 0 aromatic carbocycles. The highest BCUT2D eigenvalue weighted by atomic mass is 32.1. The zero-order chi connectivity index (χ0) is 20.1. The minimum Gasteiger partial charge on any atom is -0.339 e. The van der Waals surface area contributed by atoms with Gasteiger partial charge >= 0.3 is 0 Å². The van der Waals surface area contributed by atoms with Crippen molar-refractivity contribution in [2.45, 2.75) is 13.5 Å². The molecular formula is C22H19N5OS. The lowest BCUT2D eigenvalue weighted by Crippen LogP contribution is -2.17. The Hall–Kier alpha value is -3.58. The number of rotatable bonds is 6. The predicted octanol–water partition coefficient (Wildman–Crippen LogP) is 4.51. The Labute approximate surface area is 172 Å². The minimum atomic E-state index is -0.186. The Morgan fingerprint density at radius 2 is 2.00 bits per heavy atom. The van der Waals surface area contributed by atoms with E-state index in [1.165, 1.54) is 11.3 Å². The molecule has 4 rings (SSSR count). The molecule has 0 bridgehead atoms. The zero-order valence-corrected chi connectivity index (χ0v) is 16.6. The van der Waals surface area contributed by atoms with Crippen LogP contribution in [-0.2, 0) is 6.54 Å². The third kappa shape index (κ3) is 4.64. The van der Waals surface area contributed by atoms with Crippen LogP contribution in [0.15, 0.2) is 66.6 Å². The Bertz CT molecular complexity index is 1150. The first-order valence-corrected chi connectivity index (χ1v) is 9.97. The monoisotopic (exact) mass is 401 g/mol. The van der Waals surface area contributed by atoms with Gasteiger partial charge in [0.15, 0.2) is 5.13 Å². The predicted molar refractivity (Wildman–Crippen MR) is 116 cm³/mol. The van der Waals surface area contributed by atoms with Crippen LogP contribution in [0.4, 0.5) is 5.13 Å². The highest BCUT2D eigenvalue weighted by Crippen LogP contribution is 2.19. The van der Waals surface area contributed by atoms with Crippen molar-refractivity contribution in [1.82, 2.24) is 19.5 Å². The van der Waals surface area contributed by atoms with Gasteiger partial charge in [0, 0.05) is 36.7 Å². The van der Waals surface area contributed by atoms with Crippen LogP contribution in [0.5, 0.6) is 0 Å². The van der Waals surface area contributed by atoms with Crippen molar-refractivity contribution in [3.63, 3.8) is 0 Å². The van der Waals surface area contributed by atoms with E-state index in [2.05, 4.69) is 20.3 Å². The molecule has 4 aromatic heterocycles. The van der Waals surface area contributed by atoms with Crippen molar-refractivity contribution in [1.29, 1.82) is 0 Å². The molecule has 29 heavy (non-hydrogen) atoms. The topological polar surface area (TPSA) is 72.7 Å². The van der Waals surface area contributed by atoms with Crippen molar-refractivity contribution in [2.24, 2.45) is 0 Å². The fourth-order valence-electron chi connectivity index (χ4n) is 2.86. The van der Waals surface area contributed by atoms with Gasteiger partial charge in [0.05, 0.1) is 11.4 Å². The second-order valence-corrected chi connectivity index (χ2v) is 7.31. The van der Waals surface area contributed by atoms with Crippen molar-refractivity contribution < 1.29 is 4.79 Å². The summed E-state index contributed by atoms with van der Waals surface area (Å²) in [6.45, 7) is 2.62. The number of amides is 1. The molecule has 0 aliphatic carbocycles.